The van der Waals surface area contributed by atoms with Crippen molar-refractivity contribution in [3.63, 3.8) is 0 Å². The van der Waals surface area contributed by atoms with Crippen LogP contribution < -0.4 is 16.4 Å². The molecule has 0 fully saturated rings. The molecule has 0 aliphatic heterocycles. The first kappa shape index (κ1) is 20.0. The fraction of sp³-hybridized carbons (Fsp3) is 0.0400. The molecule has 0 spiro atoms. The first-order chi connectivity index (χ1) is 15.1. The number of rotatable bonds is 6. The van der Waals surface area contributed by atoms with Gasteiger partial charge in [-0.15, -0.1) is 0 Å². The molecule has 6 heteroatoms. The molecule has 0 unspecified atom stereocenters. The fourth-order valence-electron chi connectivity index (χ4n) is 3.22. The summed E-state index contributed by atoms with van der Waals surface area (Å²) in [5, 5.41) is 6.71. The number of aromatic nitrogens is 1. The van der Waals surface area contributed by atoms with Crippen LogP contribution in [0.3, 0.4) is 0 Å². The number of aromatic amines is 1. The van der Waals surface area contributed by atoms with Crippen LogP contribution in [0, 0.1) is 0 Å². The van der Waals surface area contributed by atoms with Crippen LogP contribution in [0.25, 0.3) is 17.0 Å². The van der Waals surface area contributed by atoms with E-state index in [2.05, 4.69) is 15.6 Å². The van der Waals surface area contributed by atoms with Crippen molar-refractivity contribution in [1.82, 2.24) is 10.3 Å². The number of hydrogen-bond donors (Lipinski definition) is 4. The highest BCUT2D eigenvalue weighted by Gasteiger charge is 2.08. The summed E-state index contributed by atoms with van der Waals surface area (Å²) in [6.45, 7) is 0.366. The van der Waals surface area contributed by atoms with Crippen molar-refractivity contribution in [2.24, 2.45) is 0 Å². The maximum atomic E-state index is 12.4. The number of nitrogens with two attached hydrogens (primary N) is 1. The zero-order valence-corrected chi connectivity index (χ0v) is 16.8. The largest absolute Gasteiger partial charge is 0.397 e. The highest BCUT2D eigenvalue weighted by Crippen LogP contribution is 2.19. The highest BCUT2D eigenvalue weighted by atomic mass is 16.2. The van der Waals surface area contributed by atoms with Gasteiger partial charge in [-0.25, -0.2) is 0 Å². The molecule has 5 N–H and O–H groups in total. The molecule has 0 saturated heterocycles. The van der Waals surface area contributed by atoms with E-state index in [-0.39, 0.29) is 11.8 Å². The maximum absolute atomic E-state index is 12.4. The lowest BCUT2D eigenvalue weighted by atomic mass is 10.1. The van der Waals surface area contributed by atoms with Gasteiger partial charge in [-0.05, 0) is 47.5 Å². The number of fused-ring (bicyclic) bond motifs is 1. The van der Waals surface area contributed by atoms with E-state index in [0.717, 1.165) is 22.0 Å². The van der Waals surface area contributed by atoms with Crippen LogP contribution in [0.2, 0.25) is 0 Å². The van der Waals surface area contributed by atoms with Crippen LogP contribution in [0.5, 0.6) is 0 Å². The molecular formula is C25H22N4O2. The van der Waals surface area contributed by atoms with Gasteiger partial charge in [0.2, 0.25) is 5.91 Å². The lowest BCUT2D eigenvalue weighted by Crippen LogP contribution is -2.20. The molecule has 31 heavy (non-hydrogen) atoms. The predicted octanol–water partition coefficient (Wildman–Crippen LogP) is 4.33. The van der Waals surface area contributed by atoms with E-state index >= 15 is 0 Å². The summed E-state index contributed by atoms with van der Waals surface area (Å²) in [5.41, 5.74) is 10.3. The van der Waals surface area contributed by atoms with E-state index in [0.29, 0.717) is 23.5 Å². The molecule has 0 aliphatic rings. The quantitative estimate of drug-likeness (QED) is 0.281. The molecule has 0 aliphatic carbocycles. The van der Waals surface area contributed by atoms with Gasteiger partial charge in [-0.3, -0.25) is 9.59 Å². The summed E-state index contributed by atoms with van der Waals surface area (Å²) in [6, 6.07) is 22.1. The van der Waals surface area contributed by atoms with Crippen LogP contribution in [0.15, 0.2) is 85.1 Å². The van der Waals surface area contributed by atoms with Gasteiger partial charge in [-0.1, -0.05) is 42.5 Å². The third-order valence-electron chi connectivity index (χ3n) is 4.93. The molecule has 4 aromatic rings. The topological polar surface area (TPSA) is 100 Å². The van der Waals surface area contributed by atoms with E-state index in [1.54, 1.807) is 30.3 Å². The molecule has 0 radical (unpaired) electrons. The van der Waals surface area contributed by atoms with E-state index in [1.165, 1.54) is 6.08 Å². The van der Waals surface area contributed by atoms with Crippen LogP contribution in [0.1, 0.15) is 21.5 Å². The van der Waals surface area contributed by atoms with Gasteiger partial charge in [0.05, 0.1) is 11.4 Å². The van der Waals surface area contributed by atoms with E-state index < -0.39 is 0 Å². The van der Waals surface area contributed by atoms with Gasteiger partial charge in [-0.2, -0.15) is 0 Å². The summed E-state index contributed by atoms with van der Waals surface area (Å²) < 4.78 is 0. The molecule has 4 rings (SSSR count). The molecular weight excluding hydrogens is 388 g/mol. The summed E-state index contributed by atoms with van der Waals surface area (Å²) in [7, 11) is 0. The molecule has 1 heterocycles. The zero-order chi connectivity index (χ0) is 21.6. The second-order valence-corrected chi connectivity index (χ2v) is 7.08. The Bertz CT molecular complexity index is 1260. The third kappa shape index (κ3) is 4.82. The number of anilines is 2. The minimum absolute atomic E-state index is 0.188. The van der Waals surface area contributed by atoms with Crippen LogP contribution in [-0.4, -0.2) is 16.8 Å². The summed E-state index contributed by atoms with van der Waals surface area (Å²) in [4.78, 5) is 27.7. The molecule has 6 nitrogen and oxygen atoms in total. The number of para-hydroxylation sites is 3. The lowest BCUT2D eigenvalue weighted by molar-refractivity contribution is -0.116. The zero-order valence-electron chi connectivity index (χ0n) is 16.8. The standard InChI is InChI=1S/C25H22N4O2/c26-21-6-2-4-8-23(21)29-25(31)18-11-9-17(10-12-18)15-28-24(30)14-13-19-16-27-22-7-3-1-5-20(19)22/h1-14,16,27H,15,26H2,(H,28,30)(H,29,31)/b14-13+. The Kier molecular flexibility index (Phi) is 5.80. The second-order valence-electron chi connectivity index (χ2n) is 7.08. The summed E-state index contributed by atoms with van der Waals surface area (Å²) in [5.74, 6) is -0.429. The average molecular weight is 410 g/mol. The van der Waals surface area contributed by atoms with Crippen molar-refractivity contribution in [2.45, 2.75) is 6.54 Å². The minimum atomic E-state index is -0.241. The van der Waals surface area contributed by atoms with Crippen molar-refractivity contribution in [2.75, 3.05) is 11.1 Å². The number of nitrogens with one attached hydrogen (secondary N) is 3. The fourth-order valence-corrected chi connectivity index (χ4v) is 3.22. The molecule has 2 amide bonds. The van der Waals surface area contributed by atoms with Gasteiger partial charge in [0.25, 0.3) is 5.91 Å². The molecule has 0 saturated carbocycles. The SMILES string of the molecule is Nc1ccccc1NC(=O)c1ccc(CNC(=O)/C=C/c2c[nH]c3ccccc23)cc1. The Hall–Kier alpha value is -4.32. The normalized spacial score (nSPS) is 11.0. The number of benzene rings is 3. The Labute approximate surface area is 179 Å². The van der Waals surface area contributed by atoms with Gasteiger partial charge < -0.3 is 21.4 Å². The Morgan fingerprint density at radius 1 is 0.935 bits per heavy atom. The van der Waals surface area contributed by atoms with Gasteiger partial charge in [0.1, 0.15) is 0 Å². The third-order valence-corrected chi connectivity index (χ3v) is 4.93. The molecule has 1 aromatic heterocycles. The summed E-state index contributed by atoms with van der Waals surface area (Å²) in [6.07, 6.45) is 5.18. The Morgan fingerprint density at radius 2 is 1.68 bits per heavy atom. The Morgan fingerprint density at radius 3 is 2.48 bits per heavy atom. The number of nitrogen functional groups attached to an aromatic ring is 1. The van der Waals surface area contributed by atoms with Crippen LogP contribution in [-0.2, 0) is 11.3 Å². The van der Waals surface area contributed by atoms with Crippen molar-refractivity contribution in [3.8, 4) is 0 Å². The number of amides is 2. The second kappa shape index (κ2) is 9.00. The number of hydrogen-bond acceptors (Lipinski definition) is 3. The highest BCUT2D eigenvalue weighted by molar-refractivity contribution is 6.05. The van der Waals surface area contributed by atoms with Crippen LogP contribution in [0.4, 0.5) is 11.4 Å². The van der Waals surface area contributed by atoms with Crippen molar-refractivity contribution >= 4 is 40.2 Å². The molecule has 154 valence electrons. The molecule has 0 bridgehead atoms. The van der Waals surface area contributed by atoms with Gasteiger partial charge in [0, 0.05) is 35.3 Å². The molecule has 0 atom stereocenters. The van der Waals surface area contributed by atoms with E-state index in [1.807, 2.05) is 54.7 Å². The van der Waals surface area contributed by atoms with E-state index in [9.17, 15) is 9.59 Å². The van der Waals surface area contributed by atoms with Crippen molar-refractivity contribution in [1.29, 1.82) is 0 Å². The Balaban J connectivity index is 1.32. The van der Waals surface area contributed by atoms with Gasteiger partial charge >= 0.3 is 0 Å². The first-order valence-corrected chi connectivity index (χ1v) is 9.87. The van der Waals surface area contributed by atoms with Crippen LogP contribution >= 0.6 is 0 Å². The maximum Gasteiger partial charge on any atom is 0.255 e. The van der Waals surface area contributed by atoms with Crippen molar-refractivity contribution in [3.05, 3.63) is 102 Å². The minimum Gasteiger partial charge on any atom is -0.397 e. The number of carbonyl (C=O) groups is 2. The van der Waals surface area contributed by atoms with E-state index in [4.69, 9.17) is 5.73 Å². The van der Waals surface area contributed by atoms with Gasteiger partial charge in [0.15, 0.2) is 0 Å². The monoisotopic (exact) mass is 410 g/mol. The summed E-state index contributed by atoms with van der Waals surface area (Å²) >= 11 is 0. The number of H-pyrrole nitrogens is 1. The predicted molar refractivity (Wildman–Crippen MR) is 124 cm³/mol. The lowest BCUT2D eigenvalue weighted by Gasteiger charge is -2.08. The molecule has 3 aromatic carbocycles. The number of carbonyl (C=O) groups excluding carboxylic acids is 2. The smallest absolute Gasteiger partial charge is 0.255 e. The average Bonchev–Trinajstić information content (AvgIpc) is 3.21. The van der Waals surface area contributed by atoms with Crippen molar-refractivity contribution < 1.29 is 9.59 Å². The first-order valence-electron chi connectivity index (χ1n) is 9.87.